The summed E-state index contributed by atoms with van der Waals surface area (Å²) in [7, 11) is 1.59. The van der Waals surface area contributed by atoms with Crippen LogP contribution in [0.1, 0.15) is 33.7 Å². The number of nitrogens with one attached hydrogen (secondary N) is 1. The molecule has 0 radical (unpaired) electrons. The smallest absolute Gasteiger partial charge is 0.263 e. The Bertz CT molecular complexity index is 810. The van der Waals surface area contributed by atoms with Gasteiger partial charge >= 0.3 is 0 Å². The van der Waals surface area contributed by atoms with Crippen LogP contribution in [-0.2, 0) is 10.4 Å². The van der Waals surface area contributed by atoms with E-state index in [-0.39, 0.29) is 12.2 Å². The molecule has 2 N–H and O–H groups in total. The highest BCUT2D eigenvalue weighted by molar-refractivity contribution is 9.10. The van der Waals surface area contributed by atoms with Crippen LogP contribution in [0.15, 0.2) is 22.7 Å². The fourth-order valence-electron chi connectivity index (χ4n) is 3.09. The van der Waals surface area contributed by atoms with Crippen molar-refractivity contribution in [2.24, 2.45) is 0 Å². The standard InChI is InChI=1S/C16H16BrN3O3/c1-8-14(9(2)19-18-8)13(21)7-16(23)11-6-10(17)4-5-12(11)20(3)15(16)22/h4-6,23H,7H2,1-3H3,(H,18,19)/t16-/m1/s1. The maximum absolute atomic E-state index is 12.7. The molecule has 120 valence electrons. The molecule has 0 bridgehead atoms. The van der Waals surface area contributed by atoms with Crippen LogP contribution in [0, 0.1) is 13.8 Å². The highest BCUT2D eigenvalue weighted by atomic mass is 79.9. The number of aromatic nitrogens is 2. The Labute approximate surface area is 141 Å². The Morgan fingerprint density at radius 1 is 1.43 bits per heavy atom. The molecule has 1 aliphatic rings. The maximum atomic E-state index is 12.7. The highest BCUT2D eigenvalue weighted by Crippen LogP contribution is 2.43. The lowest BCUT2D eigenvalue weighted by Crippen LogP contribution is -2.40. The van der Waals surface area contributed by atoms with E-state index in [2.05, 4.69) is 26.1 Å². The minimum Gasteiger partial charge on any atom is -0.375 e. The number of rotatable bonds is 3. The van der Waals surface area contributed by atoms with E-state index in [1.54, 1.807) is 39.1 Å². The predicted molar refractivity (Wildman–Crippen MR) is 88.5 cm³/mol. The van der Waals surface area contributed by atoms with Crippen LogP contribution in [0.2, 0.25) is 0 Å². The minimum absolute atomic E-state index is 0.314. The first-order valence-electron chi connectivity index (χ1n) is 7.11. The quantitative estimate of drug-likeness (QED) is 0.802. The van der Waals surface area contributed by atoms with Crippen molar-refractivity contribution in [3.05, 3.63) is 45.2 Å². The number of aromatic amines is 1. The lowest BCUT2D eigenvalue weighted by Gasteiger charge is -2.21. The lowest BCUT2D eigenvalue weighted by molar-refractivity contribution is -0.135. The number of ketones is 1. The third-order valence-electron chi connectivity index (χ3n) is 4.25. The number of fused-ring (bicyclic) bond motifs is 1. The van der Waals surface area contributed by atoms with Crippen molar-refractivity contribution in [3.63, 3.8) is 0 Å². The van der Waals surface area contributed by atoms with Crippen molar-refractivity contribution in [3.8, 4) is 0 Å². The summed E-state index contributed by atoms with van der Waals surface area (Å²) in [5.41, 5.74) is 0.799. The molecule has 1 aromatic heterocycles. The van der Waals surface area contributed by atoms with Crippen molar-refractivity contribution >= 4 is 33.3 Å². The molecular weight excluding hydrogens is 362 g/mol. The summed E-state index contributed by atoms with van der Waals surface area (Å²) < 4.78 is 0.737. The third-order valence-corrected chi connectivity index (χ3v) is 4.74. The zero-order valence-electron chi connectivity index (χ0n) is 13.0. The number of benzene rings is 1. The molecule has 3 rings (SSSR count). The second-order valence-corrected chi connectivity index (χ2v) is 6.71. The van der Waals surface area contributed by atoms with Gasteiger partial charge in [0.15, 0.2) is 11.4 Å². The molecule has 7 heteroatoms. The Kier molecular flexibility index (Phi) is 3.65. The second-order valence-electron chi connectivity index (χ2n) is 5.79. The number of hydrogen-bond donors (Lipinski definition) is 2. The fraction of sp³-hybridized carbons (Fsp3) is 0.312. The normalized spacial score (nSPS) is 20.0. The topological polar surface area (TPSA) is 86.3 Å². The number of nitrogens with zero attached hydrogens (tertiary/aromatic N) is 2. The number of aliphatic hydroxyl groups is 1. The summed E-state index contributed by atoms with van der Waals surface area (Å²) in [6.45, 7) is 3.46. The van der Waals surface area contributed by atoms with Gasteiger partial charge in [0.05, 0.1) is 23.4 Å². The van der Waals surface area contributed by atoms with Gasteiger partial charge in [-0.2, -0.15) is 5.10 Å². The van der Waals surface area contributed by atoms with E-state index in [1.807, 2.05) is 0 Å². The molecular formula is C16H16BrN3O3. The summed E-state index contributed by atoms with van der Waals surface area (Å²) in [6.07, 6.45) is -0.319. The molecule has 6 nitrogen and oxygen atoms in total. The van der Waals surface area contributed by atoms with E-state index in [0.29, 0.717) is 28.2 Å². The van der Waals surface area contributed by atoms with E-state index in [1.165, 1.54) is 4.90 Å². The number of amides is 1. The number of Topliss-reactive ketones (excluding diaryl/α,β-unsaturated/α-hetero) is 1. The van der Waals surface area contributed by atoms with Crippen LogP contribution in [0.5, 0.6) is 0 Å². The zero-order valence-corrected chi connectivity index (χ0v) is 14.6. The number of likely N-dealkylation sites (N-methyl/N-ethyl adjacent to an activating group) is 1. The molecule has 1 amide bonds. The van der Waals surface area contributed by atoms with E-state index in [0.717, 1.165) is 4.47 Å². The Morgan fingerprint density at radius 3 is 2.74 bits per heavy atom. The van der Waals surface area contributed by atoms with Gasteiger partial charge in [-0.1, -0.05) is 15.9 Å². The first-order valence-corrected chi connectivity index (χ1v) is 7.90. The molecule has 1 aromatic carbocycles. The molecule has 2 heterocycles. The van der Waals surface area contributed by atoms with Crippen LogP contribution >= 0.6 is 15.9 Å². The molecule has 0 saturated carbocycles. The SMILES string of the molecule is Cc1n[nH]c(C)c1C(=O)C[C@]1(O)C(=O)N(C)c2ccc(Br)cc21. The Morgan fingerprint density at radius 2 is 2.13 bits per heavy atom. The van der Waals surface area contributed by atoms with Crippen molar-refractivity contribution in [1.82, 2.24) is 10.2 Å². The summed E-state index contributed by atoms with van der Waals surface area (Å²) in [6, 6.07) is 5.22. The summed E-state index contributed by atoms with van der Waals surface area (Å²) in [5.74, 6) is -0.816. The first-order chi connectivity index (χ1) is 10.8. The number of anilines is 1. The van der Waals surface area contributed by atoms with Gasteiger partial charge in [0.2, 0.25) is 0 Å². The van der Waals surface area contributed by atoms with Gasteiger partial charge in [-0.15, -0.1) is 0 Å². The molecule has 1 aliphatic heterocycles. The number of halogens is 1. The van der Waals surface area contributed by atoms with Gasteiger partial charge in [-0.05, 0) is 32.0 Å². The molecule has 0 aliphatic carbocycles. The van der Waals surface area contributed by atoms with E-state index < -0.39 is 11.5 Å². The van der Waals surface area contributed by atoms with Gasteiger partial charge in [0, 0.05) is 22.8 Å². The predicted octanol–water partition coefficient (Wildman–Crippen LogP) is 2.23. The van der Waals surface area contributed by atoms with Crippen molar-refractivity contribution in [2.45, 2.75) is 25.9 Å². The Balaban J connectivity index is 2.04. The molecule has 0 saturated heterocycles. The van der Waals surface area contributed by atoms with E-state index in [9.17, 15) is 14.7 Å². The van der Waals surface area contributed by atoms with E-state index >= 15 is 0 Å². The Hall–Kier alpha value is -1.99. The van der Waals surface area contributed by atoms with Gasteiger partial charge in [-0.3, -0.25) is 14.7 Å². The van der Waals surface area contributed by atoms with Crippen LogP contribution in [0.25, 0.3) is 0 Å². The van der Waals surface area contributed by atoms with Crippen molar-refractivity contribution < 1.29 is 14.7 Å². The number of aryl methyl sites for hydroxylation is 2. The molecule has 0 spiro atoms. The lowest BCUT2D eigenvalue weighted by atomic mass is 9.87. The van der Waals surface area contributed by atoms with E-state index in [4.69, 9.17) is 0 Å². The monoisotopic (exact) mass is 377 g/mol. The number of H-pyrrole nitrogens is 1. The second kappa shape index (κ2) is 5.28. The molecule has 1 atom stereocenters. The van der Waals surface area contributed by atoms with Crippen molar-refractivity contribution in [2.75, 3.05) is 11.9 Å². The summed E-state index contributed by atoms with van der Waals surface area (Å²) in [5, 5.41) is 17.7. The molecule has 0 fully saturated rings. The van der Waals surface area contributed by atoms with Gasteiger partial charge < -0.3 is 10.0 Å². The van der Waals surface area contributed by atoms with Gasteiger partial charge in [0.25, 0.3) is 5.91 Å². The van der Waals surface area contributed by atoms with Crippen LogP contribution in [0.3, 0.4) is 0 Å². The van der Waals surface area contributed by atoms with Crippen molar-refractivity contribution in [1.29, 1.82) is 0 Å². The number of carbonyl (C=O) groups excluding carboxylic acids is 2. The average Bonchev–Trinajstić information content (AvgIpc) is 2.91. The summed E-state index contributed by atoms with van der Waals surface area (Å²) in [4.78, 5) is 26.6. The van der Waals surface area contributed by atoms with Gasteiger partial charge in [-0.25, -0.2) is 0 Å². The molecule has 2 aromatic rings. The highest BCUT2D eigenvalue weighted by Gasteiger charge is 2.50. The fourth-order valence-corrected chi connectivity index (χ4v) is 3.45. The van der Waals surface area contributed by atoms with Crippen LogP contribution in [0.4, 0.5) is 5.69 Å². The average molecular weight is 378 g/mol. The third kappa shape index (κ3) is 2.31. The summed E-state index contributed by atoms with van der Waals surface area (Å²) >= 11 is 3.34. The van der Waals surface area contributed by atoms with Crippen LogP contribution < -0.4 is 4.90 Å². The van der Waals surface area contributed by atoms with Gasteiger partial charge in [0.1, 0.15) is 0 Å². The maximum Gasteiger partial charge on any atom is 0.263 e. The minimum atomic E-state index is -1.86. The number of hydrogen-bond acceptors (Lipinski definition) is 4. The molecule has 23 heavy (non-hydrogen) atoms. The largest absolute Gasteiger partial charge is 0.375 e. The number of carbonyl (C=O) groups is 2. The van der Waals surface area contributed by atoms with Crippen LogP contribution in [-0.4, -0.2) is 34.0 Å². The zero-order chi connectivity index (χ0) is 16.9. The molecule has 0 unspecified atom stereocenters. The first kappa shape index (κ1) is 15.9.